The maximum Gasteiger partial charge on any atom is 0.162 e. The van der Waals surface area contributed by atoms with Crippen molar-refractivity contribution in [1.82, 2.24) is 29.9 Å². The average Bonchev–Trinajstić information content (AvgIpc) is 3.43. The van der Waals surface area contributed by atoms with Gasteiger partial charge in [-0.3, -0.25) is 9.36 Å². The lowest BCUT2D eigenvalue weighted by Gasteiger charge is -2.15. The SMILES string of the molecule is C=C/C=C\C.Cc1cc(C#N)nn1C(C)CNCCCNc1cc(-c2cnn(C)c2)cnc1N. The minimum absolute atomic E-state index is 0.182. The molecule has 180 valence electrons. The predicted molar refractivity (Wildman–Crippen MR) is 138 cm³/mol. The lowest BCUT2D eigenvalue weighted by molar-refractivity contribution is 0.444. The van der Waals surface area contributed by atoms with E-state index >= 15 is 0 Å². The van der Waals surface area contributed by atoms with Gasteiger partial charge in [0.1, 0.15) is 11.9 Å². The molecular formula is C25H35N9. The van der Waals surface area contributed by atoms with Crippen LogP contribution in [-0.4, -0.2) is 44.2 Å². The van der Waals surface area contributed by atoms with E-state index in [1.165, 1.54) is 0 Å². The third-order valence-corrected chi connectivity index (χ3v) is 5.03. The molecular weight excluding hydrogens is 426 g/mol. The van der Waals surface area contributed by atoms with Gasteiger partial charge in [-0.2, -0.15) is 15.5 Å². The third kappa shape index (κ3) is 7.90. The van der Waals surface area contributed by atoms with E-state index < -0.39 is 0 Å². The molecule has 0 saturated carbocycles. The fourth-order valence-corrected chi connectivity index (χ4v) is 3.30. The molecule has 9 heteroatoms. The number of nitrogens with two attached hydrogens (primary N) is 1. The van der Waals surface area contributed by atoms with Crippen molar-refractivity contribution < 1.29 is 0 Å². The van der Waals surface area contributed by atoms with Crippen LogP contribution in [0.1, 0.15) is 37.7 Å². The summed E-state index contributed by atoms with van der Waals surface area (Å²) in [5.41, 5.74) is 10.3. The largest absolute Gasteiger partial charge is 0.382 e. The number of nitrogen functional groups attached to an aromatic ring is 1. The molecule has 0 saturated heterocycles. The van der Waals surface area contributed by atoms with E-state index in [1.807, 2.05) is 56.2 Å². The second kappa shape index (κ2) is 13.6. The third-order valence-electron chi connectivity index (χ3n) is 5.03. The lowest BCUT2D eigenvalue weighted by Crippen LogP contribution is -2.26. The topological polar surface area (TPSA) is 122 Å². The van der Waals surface area contributed by atoms with E-state index in [1.54, 1.807) is 23.0 Å². The van der Waals surface area contributed by atoms with Crippen molar-refractivity contribution in [1.29, 1.82) is 5.26 Å². The van der Waals surface area contributed by atoms with Crippen LogP contribution < -0.4 is 16.4 Å². The summed E-state index contributed by atoms with van der Waals surface area (Å²) >= 11 is 0. The van der Waals surface area contributed by atoms with Crippen molar-refractivity contribution in [2.24, 2.45) is 7.05 Å². The molecule has 34 heavy (non-hydrogen) atoms. The van der Waals surface area contributed by atoms with Gasteiger partial charge in [-0.15, -0.1) is 0 Å². The van der Waals surface area contributed by atoms with Gasteiger partial charge in [0, 0.05) is 49.4 Å². The maximum absolute atomic E-state index is 8.96. The summed E-state index contributed by atoms with van der Waals surface area (Å²) in [5.74, 6) is 0.488. The first-order valence-electron chi connectivity index (χ1n) is 11.3. The Hall–Kier alpha value is -3.90. The molecule has 3 heterocycles. The Balaban J connectivity index is 0.000000739. The van der Waals surface area contributed by atoms with Crippen LogP contribution in [0, 0.1) is 18.3 Å². The molecule has 4 N–H and O–H groups in total. The number of nitrogens with one attached hydrogen (secondary N) is 2. The van der Waals surface area contributed by atoms with Crippen molar-refractivity contribution in [2.45, 2.75) is 33.2 Å². The molecule has 1 atom stereocenters. The molecule has 0 aliphatic heterocycles. The summed E-state index contributed by atoms with van der Waals surface area (Å²) in [6.45, 7) is 11.9. The fourth-order valence-electron chi connectivity index (χ4n) is 3.30. The number of pyridine rings is 1. The van der Waals surface area contributed by atoms with Crippen LogP contribution in [0.3, 0.4) is 0 Å². The summed E-state index contributed by atoms with van der Waals surface area (Å²) in [7, 11) is 1.89. The van der Waals surface area contributed by atoms with Crippen molar-refractivity contribution in [3.63, 3.8) is 0 Å². The summed E-state index contributed by atoms with van der Waals surface area (Å²) in [6, 6.07) is 6.07. The summed E-state index contributed by atoms with van der Waals surface area (Å²) < 4.78 is 3.65. The van der Waals surface area contributed by atoms with Gasteiger partial charge in [-0.05, 0) is 45.9 Å². The fraction of sp³-hybridized carbons (Fsp3) is 0.360. The molecule has 0 aliphatic carbocycles. The lowest BCUT2D eigenvalue weighted by atomic mass is 10.1. The highest BCUT2D eigenvalue weighted by Gasteiger charge is 2.10. The minimum Gasteiger partial charge on any atom is -0.382 e. The number of nitrogens with zero attached hydrogens (tertiary/aromatic N) is 6. The second-order valence-electron chi connectivity index (χ2n) is 7.88. The molecule has 0 aromatic carbocycles. The van der Waals surface area contributed by atoms with Crippen LogP contribution >= 0.6 is 0 Å². The number of aromatic nitrogens is 5. The van der Waals surface area contributed by atoms with E-state index in [0.29, 0.717) is 11.5 Å². The standard InChI is InChI=1S/C20H27N9.C5H8/c1-14-7-18(9-21)27-29(14)15(2)10-23-5-4-6-24-19-8-16(11-25-20(19)22)17-12-26-28(3)13-17;1-3-5-4-2/h7-8,11-13,15,23-24H,4-6,10H2,1-3H3,(H2,22,25);3-5H,1H2,2H3/b;5-4-. The molecule has 0 spiro atoms. The van der Waals surface area contributed by atoms with Gasteiger partial charge in [-0.1, -0.05) is 24.8 Å². The Morgan fingerprint density at radius 1 is 1.26 bits per heavy atom. The maximum atomic E-state index is 8.96. The molecule has 0 amide bonds. The molecule has 0 radical (unpaired) electrons. The van der Waals surface area contributed by atoms with Gasteiger partial charge in [0.2, 0.25) is 0 Å². The van der Waals surface area contributed by atoms with Gasteiger partial charge >= 0.3 is 0 Å². The Bertz CT molecular complexity index is 1120. The van der Waals surface area contributed by atoms with Gasteiger partial charge < -0.3 is 16.4 Å². The van der Waals surface area contributed by atoms with E-state index in [0.717, 1.165) is 48.6 Å². The second-order valence-corrected chi connectivity index (χ2v) is 7.88. The Morgan fingerprint density at radius 2 is 2.06 bits per heavy atom. The smallest absolute Gasteiger partial charge is 0.162 e. The number of nitriles is 1. The first-order chi connectivity index (χ1) is 16.4. The van der Waals surface area contributed by atoms with Crippen molar-refractivity contribution >= 4 is 11.5 Å². The highest BCUT2D eigenvalue weighted by molar-refractivity contribution is 5.72. The zero-order chi connectivity index (χ0) is 24.9. The molecule has 9 nitrogen and oxygen atoms in total. The highest BCUT2D eigenvalue weighted by atomic mass is 15.3. The van der Waals surface area contributed by atoms with Crippen LogP contribution in [0.5, 0.6) is 0 Å². The van der Waals surface area contributed by atoms with Gasteiger partial charge in [0.25, 0.3) is 0 Å². The quantitative estimate of drug-likeness (QED) is 0.310. The minimum atomic E-state index is 0.182. The highest BCUT2D eigenvalue weighted by Crippen LogP contribution is 2.24. The zero-order valence-electron chi connectivity index (χ0n) is 20.5. The predicted octanol–water partition coefficient (Wildman–Crippen LogP) is 3.84. The summed E-state index contributed by atoms with van der Waals surface area (Å²) in [6.07, 6.45) is 12.0. The van der Waals surface area contributed by atoms with E-state index in [2.05, 4.69) is 45.4 Å². The number of aryl methyl sites for hydroxylation is 2. The molecule has 0 aliphatic rings. The zero-order valence-corrected chi connectivity index (χ0v) is 20.5. The van der Waals surface area contributed by atoms with Gasteiger partial charge in [-0.25, -0.2) is 4.98 Å². The van der Waals surface area contributed by atoms with Crippen LogP contribution in [0.4, 0.5) is 11.5 Å². The van der Waals surface area contributed by atoms with Crippen LogP contribution in [0.25, 0.3) is 11.1 Å². The number of rotatable bonds is 10. The summed E-state index contributed by atoms with van der Waals surface area (Å²) in [5, 5.41) is 24.3. The van der Waals surface area contributed by atoms with Crippen LogP contribution in [-0.2, 0) is 7.05 Å². The Labute approximate surface area is 202 Å². The van der Waals surface area contributed by atoms with E-state index in [4.69, 9.17) is 11.0 Å². The Kier molecular flexibility index (Phi) is 10.5. The monoisotopic (exact) mass is 461 g/mol. The van der Waals surface area contributed by atoms with Crippen LogP contribution in [0.15, 0.2) is 55.5 Å². The van der Waals surface area contributed by atoms with Crippen LogP contribution in [0.2, 0.25) is 0 Å². The Morgan fingerprint density at radius 3 is 2.65 bits per heavy atom. The van der Waals surface area contributed by atoms with Crippen molar-refractivity contribution in [3.05, 3.63) is 66.9 Å². The molecule has 0 fully saturated rings. The molecule has 1 unspecified atom stereocenters. The molecule has 3 rings (SSSR count). The summed E-state index contributed by atoms with van der Waals surface area (Å²) in [4.78, 5) is 4.28. The first-order valence-corrected chi connectivity index (χ1v) is 11.3. The molecule has 0 bridgehead atoms. The van der Waals surface area contributed by atoms with E-state index in [9.17, 15) is 0 Å². The number of hydrogen-bond acceptors (Lipinski definition) is 7. The van der Waals surface area contributed by atoms with E-state index in [-0.39, 0.29) is 6.04 Å². The molecule has 3 aromatic rings. The molecule has 3 aromatic heterocycles. The van der Waals surface area contributed by atoms with Crippen molar-refractivity contribution in [2.75, 3.05) is 30.7 Å². The normalized spacial score (nSPS) is 11.5. The van der Waals surface area contributed by atoms with Crippen molar-refractivity contribution in [3.8, 4) is 17.2 Å². The average molecular weight is 462 g/mol. The van der Waals surface area contributed by atoms with Gasteiger partial charge in [0.05, 0.1) is 17.9 Å². The first kappa shape index (κ1) is 26.4. The van der Waals surface area contributed by atoms with Gasteiger partial charge in [0.15, 0.2) is 5.69 Å². The number of anilines is 2. The number of hydrogen-bond donors (Lipinski definition) is 3. The number of allylic oxidation sites excluding steroid dienone is 3.